The van der Waals surface area contributed by atoms with E-state index in [2.05, 4.69) is 6.92 Å². The molecule has 1 atom stereocenters. The highest BCUT2D eigenvalue weighted by Crippen LogP contribution is 2.27. The molecule has 0 saturated heterocycles. The zero-order valence-electron chi connectivity index (χ0n) is 9.02. The van der Waals surface area contributed by atoms with Gasteiger partial charge in [-0.1, -0.05) is 42.8 Å². The van der Waals surface area contributed by atoms with Gasteiger partial charge in [0.05, 0.1) is 0 Å². The van der Waals surface area contributed by atoms with Crippen LogP contribution in [0.4, 0.5) is 0 Å². The van der Waals surface area contributed by atoms with Gasteiger partial charge in [-0.05, 0) is 35.4 Å². The molecule has 2 heteroatoms. The minimum atomic E-state index is 0.254. The third kappa shape index (κ3) is 2.37. The van der Waals surface area contributed by atoms with Gasteiger partial charge >= 0.3 is 0 Å². The van der Waals surface area contributed by atoms with Gasteiger partial charge in [-0.2, -0.15) is 0 Å². The number of halogens is 1. The van der Waals surface area contributed by atoms with Gasteiger partial charge in [0, 0.05) is 10.9 Å². The molecule has 0 aliphatic rings. The predicted molar refractivity (Wildman–Crippen MR) is 67.1 cm³/mol. The first-order chi connectivity index (χ1) is 7.66. The summed E-state index contributed by atoms with van der Waals surface area (Å²) in [5.74, 6) is 0.558. The van der Waals surface area contributed by atoms with E-state index in [1.807, 2.05) is 36.4 Å². The van der Waals surface area contributed by atoms with Crippen LogP contribution in [0, 0.1) is 0 Å². The lowest BCUT2D eigenvalue weighted by Gasteiger charge is -2.12. The van der Waals surface area contributed by atoms with E-state index < -0.39 is 0 Å². The summed E-state index contributed by atoms with van der Waals surface area (Å²) in [6.07, 6.45) is 0. The highest BCUT2D eigenvalue weighted by molar-refractivity contribution is 6.30. The van der Waals surface area contributed by atoms with Crippen LogP contribution >= 0.6 is 11.6 Å². The van der Waals surface area contributed by atoms with Gasteiger partial charge in [0.25, 0.3) is 0 Å². The molecule has 0 saturated carbocycles. The highest BCUT2D eigenvalue weighted by atomic mass is 35.5. The third-order valence-electron chi connectivity index (χ3n) is 2.74. The van der Waals surface area contributed by atoms with Crippen LogP contribution in [0.3, 0.4) is 0 Å². The Kier molecular flexibility index (Phi) is 3.16. The van der Waals surface area contributed by atoms with Crippen LogP contribution in [-0.2, 0) is 0 Å². The van der Waals surface area contributed by atoms with Crippen molar-refractivity contribution in [2.45, 2.75) is 12.8 Å². The van der Waals surface area contributed by atoms with Crippen molar-refractivity contribution in [3.8, 4) is 5.75 Å². The van der Waals surface area contributed by atoms with Gasteiger partial charge < -0.3 is 5.11 Å². The number of hydrogen-bond donors (Lipinski definition) is 1. The molecule has 0 aromatic heterocycles. The molecule has 0 bridgehead atoms. The summed E-state index contributed by atoms with van der Waals surface area (Å²) >= 11 is 5.85. The van der Waals surface area contributed by atoms with Crippen molar-refractivity contribution in [3.63, 3.8) is 0 Å². The molecule has 0 heterocycles. The molecule has 0 amide bonds. The minimum Gasteiger partial charge on any atom is -0.508 e. The fourth-order valence-corrected chi connectivity index (χ4v) is 1.86. The molecule has 2 aromatic carbocycles. The summed E-state index contributed by atoms with van der Waals surface area (Å²) in [6, 6.07) is 15.1. The van der Waals surface area contributed by atoms with E-state index in [9.17, 15) is 5.11 Å². The van der Waals surface area contributed by atoms with E-state index in [0.717, 1.165) is 10.6 Å². The van der Waals surface area contributed by atoms with E-state index in [4.69, 9.17) is 11.6 Å². The number of benzene rings is 2. The van der Waals surface area contributed by atoms with Gasteiger partial charge in [-0.15, -0.1) is 0 Å². The lowest BCUT2D eigenvalue weighted by atomic mass is 9.93. The summed E-state index contributed by atoms with van der Waals surface area (Å²) in [5.41, 5.74) is 2.29. The van der Waals surface area contributed by atoms with Crippen LogP contribution in [0.1, 0.15) is 24.0 Å². The number of phenols is 1. The summed E-state index contributed by atoms with van der Waals surface area (Å²) in [4.78, 5) is 0. The number of rotatable bonds is 2. The molecular weight excluding hydrogens is 220 g/mol. The summed E-state index contributed by atoms with van der Waals surface area (Å²) in [7, 11) is 0. The molecule has 0 spiro atoms. The Balaban J connectivity index is 2.31. The first-order valence-corrected chi connectivity index (χ1v) is 5.59. The maximum atomic E-state index is 9.43. The quantitative estimate of drug-likeness (QED) is 0.823. The highest BCUT2D eigenvalue weighted by Gasteiger charge is 2.08. The number of aromatic hydroxyl groups is 1. The SMILES string of the molecule is CC(c1ccc(Cl)cc1)c1cccc(O)c1. The number of phenolic OH excluding ortho intramolecular Hbond substituents is 1. The standard InChI is InChI=1S/C14H13ClO/c1-10(11-5-7-13(15)8-6-11)12-3-2-4-14(16)9-12/h2-10,16H,1H3. The maximum Gasteiger partial charge on any atom is 0.115 e. The molecule has 16 heavy (non-hydrogen) atoms. The summed E-state index contributed by atoms with van der Waals surface area (Å²) < 4.78 is 0. The molecule has 2 aromatic rings. The van der Waals surface area contributed by atoms with Crippen LogP contribution in [-0.4, -0.2) is 5.11 Å². The van der Waals surface area contributed by atoms with Crippen molar-refractivity contribution in [1.29, 1.82) is 0 Å². The molecule has 0 aliphatic heterocycles. The van der Waals surface area contributed by atoms with Crippen LogP contribution in [0.5, 0.6) is 5.75 Å². The van der Waals surface area contributed by atoms with Crippen molar-refractivity contribution in [3.05, 3.63) is 64.7 Å². The summed E-state index contributed by atoms with van der Waals surface area (Å²) in [6.45, 7) is 2.11. The van der Waals surface area contributed by atoms with Gasteiger partial charge in [0.2, 0.25) is 0 Å². The van der Waals surface area contributed by atoms with Crippen molar-refractivity contribution >= 4 is 11.6 Å². The van der Waals surface area contributed by atoms with Crippen molar-refractivity contribution in [2.24, 2.45) is 0 Å². The Morgan fingerprint density at radius 3 is 2.31 bits per heavy atom. The van der Waals surface area contributed by atoms with Crippen molar-refractivity contribution in [2.75, 3.05) is 0 Å². The topological polar surface area (TPSA) is 20.2 Å². The maximum absolute atomic E-state index is 9.43. The van der Waals surface area contributed by atoms with Crippen LogP contribution in [0.2, 0.25) is 5.02 Å². The monoisotopic (exact) mass is 232 g/mol. The average molecular weight is 233 g/mol. The smallest absolute Gasteiger partial charge is 0.115 e. The molecule has 82 valence electrons. The fourth-order valence-electron chi connectivity index (χ4n) is 1.74. The van der Waals surface area contributed by atoms with Gasteiger partial charge in [-0.3, -0.25) is 0 Å². The average Bonchev–Trinajstić information content (AvgIpc) is 2.29. The first-order valence-electron chi connectivity index (χ1n) is 5.21. The van der Waals surface area contributed by atoms with Gasteiger partial charge in [-0.25, -0.2) is 0 Å². The third-order valence-corrected chi connectivity index (χ3v) is 2.99. The van der Waals surface area contributed by atoms with E-state index in [1.165, 1.54) is 5.56 Å². The largest absolute Gasteiger partial charge is 0.508 e. The lowest BCUT2D eigenvalue weighted by Crippen LogP contribution is -1.95. The van der Waals surface area contributed by atoms with Crippen molar-refractivity contribution in [1.82, 2.24) is 0 Å². The van der Waals surface area contributed by atoms with Crippen LogP contribution in [0.25, 0.3) is 0 Å². The Morgan fingerprint density at radius 2 is 1.69 bits per heavy atom. The Hall–Kier alpha value is -1.47. The van der Waals surface area contributed by atoms with E-state index in [-0.39, 0.29) is 5.92 Å². The lowest BCUT2D eigenvalue weighted by molar-refractivity contribution is 0.474. The molecule has 1 unspecified atom stereocenters. The summed E-state index contributed by atoms with van der Waals surface area (Å²) in [5, 5.41) is 10.2. The van der Waals surface area contributed by atoms with Crippen LogP contribution in [0.15, 0.2) is 48.5 Å². The van der Waals surface area contributed by atoms with Crippen LogP contribution < -0.4 is 0 Å². The minimum absolute atomic E-state index is 0.254. The Morgan fingerprint density at radius 1 is 1.00 bits per heavy atom. The fraction of sp³-hybridized carbons (Fsp3) is 0.143. The Labute approximate surface area is 100 Å². The normalized spacial score (nSPS) is 12.4. The molecule has 1 N–H and O–H groups in total. The molecule has 2 rings (SSSR count). The van der Waals surface area contributed by atoms with E-state index >= 15 is 0 Å². The number of hydrogen-bond acceptors (Lipinski definition) is 1. The van der Waals surface area contributed by atoms with E-state index in [1.54, 1.807) is 12.1 Å². The molecule has 0 fully saturated rings. The van der Waals surface area contributed by atoms with E-state index in [0.29, 0.717) is 5.75 Å². The van der Waals surface area contributed by atoms with Crippen molar-refractivity contribution < 1.29 is 5.11 Å². The zero-order chi connectivity index (χ0) is 11.5. The molecule has 1 nitrogen and oxygen atoms in total. The zero-order valence-corrected chi connectivity index (χ0v) is 9.78. The second kappa shape index (κ2) is 4.58. The first kappa shape index (κ1) is 11.0. The molecule has 0 aliphatic carbocycles. The molecular formula is C14H13ClO. The molecule has 0 radical (unpaired) electrons. The van der Waals surface area contributed by atoms with Gasteiger partial charge in [0.15, 0.2) is 0 Å². The van der Waals surface area contributed by atoms with Gasteiger partial charge in [0.1, 0.15) is 5.75 Å². The Bertz CT molecular complexity index is 476. The second-order valence-corrected chi connectivity index (χ2v) is 4.30. The predicted octanol–water partition coefficient (Wildman–Crippen LogP) is 4.20. The second-order valence-electron chi connectivity index (χ2n) is 3.87.